The molecule has 1 aliphatic rings. The number of carbonyl (C=O) groups excluding carboxylic acids is 1. The van der Waals surface area contributed by atoms with Gasteiger partial charge in [-0.3, -0.25) is 9.78 Å². The van der Waals surface area contributed by atoms with Gasteiger partial charge < -0.3 is 5.32 Å². The average Bonchev–Trinajstić information content (AvgIpc) is 2.68. The number of nitrogens with zero attached hydrogens (tertiary/aromatic N) is 1. The Morgan fingerprint density at radius 3 is 2.09 bits per heavy atom. The Kier molecular flexibility index (Phi) is 6.29. The molecule has 0 bridgehead atoms. The van der Waals surface area contributed by atoms with Crippen molar-refractivity contribution in [2.24, 2.45) is 5.92 Å². The monoisotopic (exact) mass is 494 g/mol. The number of aromatic nitrogens is 1. The molecule has 180 valence electrons. The van der Waals surface area contributed by atoms with Crippen LogP contribution in [-0.4, -0.2) is 30.1 Å². The van der Waals surface area contributed by atoms with Gasteiger partial charge in [-0.05, 0) is 62.9 Å². The number of pyridine rings is 1. The lowest BCUT2D eigenvalue weighted by Crippen LogP contribution is -2.53. The standard InChI is InChI=1S/C21H20F6N2O3S/c1-19(2,33(31,32)16-5-3-4-12(10-16)20(22,23)24)14-8-15(9-14)29-18(30)17-7-6-13(11-28-17)21(25,26)27/h3-7,10-11,14-15H,8-9H2,1-2H3,(H,29,30)/t14-,15+. The number of amides is 1. The normalized spacial score (nSPS) is 19.6. The zero-order valence-corrected chi connectivity index (χ0v) is 18.3. The Hall–Kier alpha value is -2.63. The van der Waals surface area contributed by atoms with Crippen LogP contribution in [0.1, 0.15) is 48.3 Å². The summed E-state index contributed by atoms with van der Waals surface area (Å²) in [5.41, 5.74) is -2.28. The number of sulfone groups is 1. The topological polar surface area (TPSA) is 76.1 Å². The molecular formula is C21H20F6N2O3S. The first-order valence-corrected chi connectivity index (χ1v) is 11.3. The number of hydrogen-bond donors (Lipinski definition) is 1. The largest absolute Gasteiger partial charge is 0.417 e. The molecule has 1 aromatic carbocycles. The van der Waals surface area contributed by atoms with Gasteiger partial charge >= 0.3 is 12.4 Å². The minimum absolute atomic E-state index is 0.220. The van der Waals surface area contributed by atoms with Crippen molar-refractivity contribution in [3.8, 4) is 0 Å². The molecule has 5 nitrogen and oxygen atoms in total. The van der Waals surface area contributed by atoms with E-state index in [0.717, 1.165) is 30.3 Å². The van der Waals surface area contributed by atoms with Crippen LogP contribution in [0.2, 0.25) is 0 Å². The van der Waals surface area contributed by atoms with Gasteiger partial charge in [0.15, 0.2) is 9.84 Å². The summed E-state index contributed by atoms with van der Waals surface area (Å²) in [5, 5.41) is 2.59. The molecule has 2 aromatic rings. The molecule has 0 atom stereocenters. The fourth-order valence-electron chi connectivity index (χ4n) is 3.62. The lowest BCUT2D eigenvalue weighted by atomic mass is 9.73. The summed E-state index contributed by atoms with van der Waals surface area (Å²) in [6, 6.07) is 4.77. The van der Waals surface area contributed by atoms with E-state index in [9.17, 15) is 39.6 Å². The van der Waals surface area contributed by atoms with Crippen molar-refractivity contribution < 1.29 is 39.6 Å². The first kappa shape index (κ1) is 25.0. The smallest absolute Gasteiger partial charge is 0.348 e. The molecule has 0 spiro atoms. The second-order valence-electron chi connectivity index (χ2n) is 8.40. The van der Waals surface area contributed by atoms with E-state index < -0.39 is 60.8 Å². The molecule has 1 heterocycles. The number of benzene rings is 1. The molecule has 1 amide bonds. The van der Waals surface area contributed by atoms with Crippen LogP contribution in [0.15, 0.2) is 47.5 Å². The zero-order chi connectivity index (χ0) is 24.8. The summed E-state index contributed by atoms with van der Waals surface area (Å²) in [7, 11) is -4.14. The van der Waals surface area contributed by atoms with Crippen LogP contribution in [0.5, 0.6) is 0 Å². The van der Waals surface area contributed by atoms with Crippen molar-refractivity contribution in [1.29, 1.82) is 0 Å². The highest BCUT2D eigenvalue weighted by Crippen LogP contribution is 2.44. The molecule has 1 fully saturated rings. The van der Waals surface area contributed by atoms with Crippen LogP contribution in [0.4, 0.5) is 26.3 Å². The Labute approximate surface area is 186 Å². The van der Waals surface area contributed by atoms with Crippen molar-refractivity contribution in [2.75, 3.05) is 0 Å². The molecule has 12 heteroatoms. The van der Waals surface area contributed by atoms with E-state index in [2.05, 4.69) is 10.3 Å². The van der Waals surface area contributed by atoms with Gasteiger partial charge in [-0.1, -0.05) is 6.07 Å². The first-order valence-electron chi connectivity index (χ1n) is 9.79. The van der Waals surface area contributed by atoms with Gasteiger partial charge in [-0.25, -0.2) is 8.42 Å². The summed E-state index contributed by atoms with van der Waals surface area (Å²) >= 11 is 0. The van der Waals surface area contributed by atoms with E-state index >= 15 is 0 Å². The summed E-state index contributed by atoms with van der Waals surface area (Å²) in [6.45, 7) is 2.84. The number of halogens is 6. The van der Waals surface area contributed by atoms with Crippen LogP contribution in [0.3, 0.4) is 0 Å². The number of nitrogens with one attached hydrogen (secondary N) is 1. The van der Waals surface area contributed by atoms with Crippen LogP contribution in [0, 0.1) is 5.92 Å². The van der Waals surface area contributed by atoms with Gasteiger partial charge in [-0.2, -0.15) is 26.3 Å². The minimum atomic E-state index is -4.69. The Bertz CT molecular complexity index is 1140. The van der Waals surface area contributed by atoms with Crippen molar-refractivity contribution in [2.45, 2.75) is 54.7 Å². The third kappa shape index (κ3) is 4.99. The SMILES string of the molecule is CC(C)([C@H]1C[C@@H](NC(=O)c2ccc(C(F)(F)F)cn2)C1)S(=O)(=O)c1cccc(C(F)(F)F)c1. The lowest BCUT2D eigenvalue weighted by Gasteiger charge is -2.44. The number of alkyl halides is 6. The molecule has 0 radical (unpaired) electrons. The van der Waals surface area contributed by atoms with E-state index in [-0.39, 0.29) is 18.5 Å². The molecule has 0 unspecified atom stereocenters. The second kappa shape index (κ2) is 8.30. The molecule has 3 rings (SSSR count). The van der Waals surface area contributed by atoms with Gasteiger partial charge in [0.1, 0.15) is 5.69 Å². The van der Waals surface area contributed by atoms with Gasteiger partial charge in [0, 0.05) is 12.2 Å². The van der Waals surface area contributed by atoms with E-state index in [1.54, 1.807) is 0 Å². The van der Waals surface area contributed by atoms with Crippen molar-refractivity contribution in [3.63, 3.8) is 0 Å². The van der Waals surface area contributed by atoms with Crippen molar-refractivity contribution in [3.05, 3.63) is 59.4 Å². The van der Waals surface area contributed by atoms with Crippen molar-refractivity contribution in [1.82, 2.24) is 10.3 Å². The number of hydrogen-bond acceptors (Lipinski definition) is 4. The fourth-order valence-corrected chi connectivity index (χ4v) is 5.40. The van der Waals surface area contributed by atoms with Crippen LogP contribution in [0.25, 0.3) is 0 Å². The maximum Gasteiger partial charge on any atom is 0.417 e. The molecule has 0 saturated heterocycles. The van der Waals surface area contributed by atoms with E-state index in [0.29, 0.717) is 12.3 Å². The summed E-state index contributed by atoms with van der Waals surface area (Å²) in [5.74, 6) is -1.16. The highest BCUT2D eigenvalue weighted by molar-refractivity contribution is 7.92. The predicted molar refractivity (Wildman–Crippen MR) is 106 cm³/mol. The number of rotatable bonds is 5. The zero-order valence-electron chi connectivity index (χ0n) is 17.5. The van der Waals surface area contributed by atoms with Crippen LogP contribution >= 0.6 is 0 Å². The average molecular weight is 494 g/mol. The fraction of sp³-hybridized carbons (Fsp3) is 0.429. The van der Waals surface area contributed by atoms with Crippen LogP contribution in [-0.2, 0) is 22.2 Å². The highest BCUT2D eigenvalue weighted by Gasteiger charge is 2.49. The third-order valence-electron chi connectivity index (χ3n) is 5.94. The summed E-state index contributed by atoms with van der Waals surface area (Å²) < 4.78 is 102. The first-order chi connectivity index (χ1) is 15.0. The van der Waals surface area contributed by atoms with E-state index in [1.165, 1.54) is 13.8 Å². The van der Waals surface area contributed by atoms with E-state index in [1.807, 2.05) is 0 Å². The van der Waals surface area contributed by atoms with Gasteiger partial charge in [0.2, 0.25) is 0 Å². The maximum atomic E-state index is 13.1. The molecule has 1 N–H and O–H groups in total. The predicted octanol–water partition coefficient (Wildman–Crippen LogP) is 4.88. The van der Waals surface area contributed by atoms with Gasteiger partial charge in [-0.15, -0.1) is 0 Å². The third-order valence-corrected chi connectivity index (χ3v) is 8.54. The minimum Gasteiger partial charge on any atom is -0.348 e. The quantitative estimate of drug-likeness (QED) is 0.602. The maximum absolute atomic E-state index is 13.1. The van der Waals surface area contributed by atoms with Gasteiger partial charge in [0.05, 0.1) is 20.8 Å². The van der Waals surface area contributed by atoms with Crippen LogP contribution < -0.4 is 5.32 Å². The number of carbonyl (C=O) groups is 1. The highest BCUT2D eigenvalue weighted by atomic mass is 32.2. The molecule has 1 aromatic heterocycles. The van der Waals surface area contributed by atoms with Crippen molar-refractivity contribution >= 4 is 15.7 Å². The molecule has 33 heavy (non-hydrogen) atoms. The summed E-state index contributed by atoms with van der Waals surface area (Å²) in [6.07, 6.45) is -8.26. The Morgan fingerprint density at radius 1 is 0.970 bits per heavy atom. The molecular weight excluding hydrogens is 474 g/mol. The molecule has 1 aliphatic carbocycles. The van der Waals surface area contributed by atoms with Gasteiger partial charge in [0.25, 0.3) is 5.91 Å². The Balaban J connectivity index is 1.66. The van der Waals surface area contributed by atoms with E-state index in [4.69, 9.17) is 0 Å². The second-order valence-corrected chi connectivity index (χ2v) is 10.9. The Morgan fingerprint density at radius 2 is 1.58 bits per heavy atom. The molecule has 1 saturated carbocycles. The summed E-state index contributed by atoms with van der Waals surface area (Å²) in [4.78, 5) is 15.3. The lowest BCUT2D eigenvalue weighted by molar-refractivity contribution is -0.138. The molecule has 0 aliphatic heterocycles.